The second kappa shape index (κ2) is 11.9. The van der Waals surface area contributed by atoms with E-state index in [0.717, 1.165) is 12.2 Å². The van der Waals surface area contributed by atoms with Crippen LogP contribution in [-0.4, -0.2) is 36.0 Å². The van der Waals surface area contributed by atoms with Crippen LogP contribution in [0.5, 0.6) is 17.4 Å². The highest BCUT2D eigenvalue weighted by Gasteiger charge is 2.42. The molecule has 0 bridgehead atoms. The average molecular weight is 464 g/mol. The molecule has 3 rings (SSSR count). The van der Waals surface area contributed by atoms with Crippen molar-refractivity contribution in [2.24, 2.45) is 0 Å². The fourth-order valence-electron chi connectivity index (χ4n) is 2.79. The molecule has 1 atom stereocenters. The number of nitrogens with zero attached hydrogens (tertiary/aromatic N) is 1. The number of benzene rings is 1. The van der Waals surface area contributed by atoms with Gasteiger partial charge in [0.05, 0.1) is 19.2 Å². The molecule has 166 valence electrons. The summed E-state index contributed by atoms with van der Waals surface area (Å²) in [4.78, 5) is 16.3. The largest absolute Gasteiger partial charge is 0.494 e. The van der Waals surface area contributed by atoms with Gasteiger partial charge in [0.25, 0.3) is 5.92 Å². The number of amides is 1. The molecule has 1 amide bonds. The summed E-state index contributed by atoms with van der Waals surface area (Å²) in [6.45, 7) is 2.33. The van der Waals surface area contributed by atoms with E-state index in [2.05, 4.69) is 15.6 Å². The van der Waals surface area contributed by atoms with Gasteiger partial charge in [-0.2, -0.15) is 0 Å². The van der Waals surface area contributed by atoms with E-state index < -0.39 is 30.8 Å². The Morgan fingerprint density at radius 2 is 1.93 bits per heavy atom. The van der Waals surface area contributed by atoms with Crippen LogP contribution < -0.4 is 20.1 Å². The molecule has 0 saturated carbocycles. The molecule has 10 heteroatoms. The summed E-state index contributed by atoms with van der Waals surface area (Å²) in [5.74, 6) is -1.65. The first-order valence-corrected chi connectivity index (χ1v) is 9.20. The topological polar surface area (TPSA) is 72.5 Å². The lowest BCUT2D eigenvalue weighted by Crippen LogP contribution is -2.40. The number of nitrogens with one attached hydrogen (secondary N) is 2. The van der Waals surface area contributed by atoms with Crippen LogP contribution >= 0.6 is 24.8 Å². The number of carbonyl (C=O) groups is 1. The molecule has 0 aliphatic carbocycles. The first-order valence-electron chi connectivity index (χ1n) is 9.20. The molecule has 0 radical (unpaired) electrons. The van der Waals surface area contributed by atoms with Gasteiger partial charge in [0.1, 0.15) is 11.5 Å². The maximum atomic E-state index is 13.2. The molecule has 2 N–H and O–H groups in total. The Balaban J connectivity index is 0.00000225. The molecule has 0 spiro atoms. The van der Waals surface area contributed by atoms with Crippen molar-refractivity contribution in [3.63, 3.8) is 0 Å². The Bertz CT molecular complexity index is 810. The molecule has 1 saturated heterocycles. The van der Waals surface area contributed by atoms with Crippen molar-refractivity contribution >= 4 is 30.7 Å². The van der Waals surface area contributed by atoms with Crippen molar-refractivity contribution in [1.29, 1.82) is 0 Å². The minimum atomic E-state index is -2.85. The molecule has 1 aliphatic rings. The minimum absolute atomic E-state index is 0. The van der Waals surface area contributed by atoms with Gasteiger partial charge in [0.2, 0.25) is 11.8 Å². The molecular formula is C20H25Cl2F2N3O3. The van der Waals surface area contributed by atoms with E-state index in [1.165, 1.54) is 0 Å². The molecule has 2 heterocycles. The first kappa shape index (κ1) is 25.9. The molecule has 1 unspecified atom stereocenters. The lowest BCUT2D eigenvalue weighted by molar-refractivity contribution is -0.123. The fourth-order valence-corrected chi connectivity index (χ4v) is 2.79. The maximum absolute atomic E-state index is 13.2. The number of hydrogen-bond donors (Lipinski definition) is 2. The van der Waals surface area contributed by atoms with Crippen molar-refractivity contribution in [2.45, 2.75) is 38.3 Å². The van der Waals surface area contributed by atoms with Crippen molar-refractivity contribution < 1.29 is 23.0 Å². The number of carbonyl (C=O) groups excluding carboxylic acids is 1. The molecule has 6 nitrogen and oxygen atoms in total. The van der Waals surface area contributed by atoms with E-state index in [9.17, 15) is 13.6 Å². The lowest BCUT2D eigenvalue weighted by Gasteiger charge is -2.13. The Morgan fingerprint density at radius 3 is 2.57 bits per heavy atom. The smallest absolute Gasteiger partial charge is 0.262 e. The Hall–Kier alpha value is -2.16. The Labute approximate surface area is 186 Å². The number of ether oxygens (including phenoxy) is 2. The van der Waals surface area contributed by atoms with E-state index in [1.807, 2.05) is 6.92 Å². The van der Waals surface area contributed by atoms with Crippen LogP contribution in [0.4, 0.5) is 8.78 Å². The third-order valence-corrected chi connectivity index (χ3v) is 4.24. The molecular weight excluding hydrogens is 439 g/mol. The van der Waals surface area contributed by atoms with Gasteiger partial charge >= 0.3 is 0 Å². The third-order valence-electron chi connectivity index (χ3n) is 4.24. The van der Waals surface area contributed by atoms with Gasteiger partial charge in [-0.05, 0) is 36.8 Å². The van der Waals surface area contributed by atoms with E-state index in [4.69, 9.17) is 9.47 Å². The van der Waals surface area contributed by atoms with Crippen LogP contribution in [0.2, 0.25) is 0 Å². The van der Waals surface area contributed by atoms with Crippen molar-refractivity contribution in [1.82, 2.24) is 15.6 Å². The maximum Gasteiger partial charge on any atom is 0.262 e. The molecule has 2 aromatic rings. The van der Waals surface area contributed by atoms with Gasteiger partial charge in [0, 0.05) is 24.7 Å². The van der Waals surface area contributed by atoms with Crippen molar-refractivity contribution in [3.8, 4) is 17.4 Å². The standard InChI is InChI=1S/C20H23F2N3O3.2ClH/c1-2-10-27-15-5-7-16(8-6-15)28-19-14(4-3-9-23-19)12-24-18(26)17-11-20(21,22)13-25-17;;/h3-9,17,25H,2,10-13H2,1H3,(H,24,26);2*1H. The first-order chi connectivity index (χ1) is 13.5. The number of rotatable bonds is 8. The highest BCUT2D eigenvalue weighted by atomic mass is 35.5. The van der Waals surface area contributed by atoms with Crippen LogP contribution in [0.3, 0.4) is 0 Å². The van der Waals surface area contributed by atoms with Gasteiger partial charge in [-0.3, -0.25) is 10.1 Å². The van der Waals surface area contributed by atoms with Crippen LogP contribution in [0.1, 0.15) is 25.3 Å². The second-order valence-corrected chi connectivity index (χ2v) is 6.60. The molecule has 1 fully saturated rings. The molecule has 1 aliphatic heterocycles. The highest BCUT2D eigenvalue weighted by Crippen LogP contribution is 2.26. The lowest BCUT2D eigenvalue weighted by atomic mass is 10.2. The number of alkyl halides is 2. The predicted octanol–water partition coefficient (Wildman–Crippen LogP) is 4.12. The van der Waals surface area contributed by atoms with Crippen LogP contribution in [0.25, 0.3) is 0 Å². The van der Waals surface area contributed by atoms with Gasteiger partial charge < -0.3 is 14.8 Å². The monoisotopic (exact) mass is 463 g/mol. The summed E-state index contributed by atoms with van der Waals surface area (Å²) in [5, 5.41) is 5.20. The Kier molecular flexibility index (Phi) is 10.2. The van der Waals surface area contributed by atoms with E-state index in [-0.39, 0.29) is 31.4 Å². The van der Waals surface area contributed by atoms with Crippen LogP contribution in [0, 0.1) is 0 Å². The van der Waals surface area contributed by atoms with Gasteiger partial charge in [-0.25, -0.2) is 13.8 Å². The zero-order chi connectivity index (χ0) is 20.0. The van der Waals surface area contributed by atoms with Crippen LogP contribution in [0.15, 0.2) is 42.6 Å². The second-order valence-electron chi connectivity index (χ2n) is 6.60. The predicted molar refractivity (Wildman–Crippen MR) is 114 cm³/mol. The van der Waals surface area contributed by atoms with Crippen molar-refractivity contribution in [2.75, 3.05) is 13.2 Å². The minimum Gasteiger partial charge on any atom is -0.494 e. The quantitative estimate of drug-likeness (QED) is 0.615. The normalized spacial score (nSPS) is 16.7. The average Bonchev–Trinajstić information content (AvgIpc) is 3.06. The fraction of sp³-hybridized carbons (Fsp3) is 0.400. The third kappa shape index (κ3) is 7.27. The molecule has 1 aromatic carbocycles. The van der Waals surface area contributed by atoms with Gasteiger partial charge in [0.15, 0.2) is 0 Å². The number of halogens is 4. The van der Waals surface area contributed by atoms with E-state index in [1.54, 1.807) is 42.6 Å². The summed E-state index contributed by atoms with van der Waals surface area (Å²) >= 11 is 0. The van der Waals surface area contributed by atoms with Crippen molar-refractivity contribution in [3.05, 3.63) is 48.2 Å². The molecule has 1 aromatic heterocycles. The summed E-state index contributed by atoms with van der Waals surface area (Å²) in [7, 11) is 0. The zero-order valence-corrected chi connectivity index (χ0v) is 18.0. The van der Waals surface area contributed by atoms with Gasteiger partial charge in [-0.1, -0.05) is 13.0 Å². The Morgan fingerprint density at radius 1 is 1.23 bits per heavy atom. The summed E-state index contributed by atoms with van der Waals surface area (Å²) in [5.41, 5.74) is 0.645. The van der Waals surface area contributed by atoms with Crippen LogP contribution in [-0.2, 0) is 11.3 Å². The number of hydrogen-bond acceptors (Lipinski definition) is 5. The summed E-state index contributed by atoms with van der Waals surface area (Å²) in [6, 6.07) is 9.74. The SMILES string of the molecule is CCCOc1ccc(Oc2ncccc2CNC(=O)C2CC(F)(F)CN2)cc1.Cl.Cl. The number of pyridine rings is 1. The highest BCUT2D eigenvalue weighted by molar-refractivity contribution is 5.85. The van der Waals surface area contributed by atoms with Gasteiger partial charge in [-0.15, -0.1) is 24.8 Å². The number of aromatic nitrogens is 1. The molecule has 30 heavy (non-hydrogen) atoms. The summed E-state index contributed by atoms with van der Waals surface area (Å²) in [6.07, 6.45) is 2.01. The van der Waals surface area contributed by atoms with E-state index >= 15 is 0 Å². The summed E-state index contributed by atoms with van der Waals surface area (Å²) < 4.78 is 37.8. The zero-order valence-electron chi connectivity index (χ0n) is 16.4. The van der Waals surface area contributed by atoms with E-state index in [0.29, 0.717) is 23.8 Å².